The summed E-state index contributed by atoms with van der Waals surface area (Å²) in [6.45, 7) is -0.184. The molecule has 3 aliphatic carbocycles. The Morgan fingerprint density at radius 2 is 1.76 bits per heavy atom. The van der Waals surface area contributed by atoms with Gasteiger partial charge in [0.25, 0.3) is 5.91 Å². The van der Waals surface area contributed by atoms with E-state index in [1.165, 1.54) is 23.9 Å². The van der Waals surface area contributed by atoms with E-state index in [0.29, 0.717) is 0 Å². The molecule has 0 fully saturated rings. The zero-order valence-corrected chi connectivity index (χ0v) is 21.0. The summed E-state index contributed by atoms with van der Waals surface area (Å²) in [6.07, 6.45) is -5.63. The second-order valence-corrected chi connectivity index (χ2v) is 10.5. The van der Waals surface area contributed by atoms with Crippen molar-refractivity contribution in [2.75, 3.05) is 28.2 Å². The largest absolute Gasteiger partial charge is 0.510 e. The minimum atomic E-state index is -4.88. The molecule has 0 bridgehead atoms. The lowest BCUT2D eigenvalue weighted by Gasteiger charge is -2.50. The molecule has 0 unspecified atom stereocenters. The van der Waals surface area contributed by atoms with Crippen LogP contribution in [0.3, 0.4) is 0 Å². The van der Waals surface area contributed by atoms with Gasteiger partial charge >= 0.3 is 6.18 Å². The van der Waals surface area contributed by atoms with Gasteiger partial charge in [-0.25, -0.2) is 0 Å². The van der Waals surface area contributed by atoms with Crippen LogP contribution >= 0.6 is 0 Å². The minimum absolute atomic E-state index is 0.184. The second-order valence-electron chi connectivity index (χ2n) is 10.5. The third kappa shape index (κ3) is 3.79. The standard InChI is InChI=1S/C25H28F3N3O7/c1-30(2)8-10-7-13(32)15-11(17(10)25(26,27)28)5-9-6-12-18(31(3)4)20(34)16(23(29)37)22(36)24(12,38)21(35)14(9)19(15)33/h7,9,12,18,32,34-35,38H,5-6,8H2,1-4H3,(H2,29,37)/t9-,12-,18-,24-/m0/s1. The molecule has 0 saturated carbocycles. The molecule has 6 N–H and O–H groups in total. The summed E-state index contributed by atoms with van der Waals surface area (Å²) >= 11 is 0. The number of nitrogens with zero attached hydrogens (tertiary/aromatic N) is 2. The van der Waals surface area contributed by atoms with E-state index in [2.05, 4.69) is 0 Å². The number of allylic oxidation sites excluding steroid dienone is 1. The molecule has 0 heterocycles. The molecule has 10 nitrogen and oxygen atoms in total. The van der Waals surface area contributed by atoms with E-state index in [4.69, 9.17) is 5.73 Å². The van der Waals surface area contributed by atoms with Gasteiger partial charge in [0, 0.05) is 18.0 Å². The SMILES string of the molecule is CN(C)Cc1cc(O)c2c(c1C(F)(F)F)C[C@H]1C[C@H]3[C@H](N(C)C)C(O)=C(C(N)=O)C(=O)[C@@]3(O)C(O)=C1C2=O. The molecule has 1 aromatic rings. The van der Waals surface area contributed by atoms with Crippen LogP contribution in [0.2, 0.25) is 0 Å². The highest BCUT2D eigenvalue weighted by Gasteiger charge is 2.63. The minimum Gasteiger partial charge on any atom is -0.510 e. The van der Waals surface area contributed by atoms with Crippen molar-refractivity contribution in [2.24, 2.45) is 17.6 Å². The van der Waals surface area contributed by atoms with Gasteiger partial charge in [0.2, 0.25) is 5.78 Å². The van der Waals surface area contributed by atoms with Crippen molar-refractivity contribution in [1.82, 2.24) is 9.80 Å². The number of fused-ring (bicyclic) bond motifs is 3. The van der Waals surface area contributed by atoms with Crippen LogP contribution < -0.4 is 5.73 Å². The molecule has 3 aliphatic rings. The number of halogens is 3. The Bertz CT molecular complexity index is 1330. The van der Waals surface area contributed by atoms with Crippen LogP contribution in [0, 0.1) is 11.8 Å². The number of benzene rings is 1. The van der Waals surface area contributed by atoms with E-state index in [1.807, 2.05) is 0 Å². The first kappa shape index (κ1) is 27.6. The highest BCUT2D eigenvalue weighted by Crippen LogP contribution is 2.53. The molecular weight excluding hydrogens is 511 g/mol. The summed E-state index contributed by atoms with van der Waals surface area (Å²) < 4.78 is 43.0. The highest BCUT2D eigenvalue weighted by atomic mass is 19.4. The van der Waals surface area contributed by atoms with Crippen molar-refractivity contribution in [3.05, 3.63) is 51.0 Å². The summed E-state index contributed by atoms with van der Waals surface area (Å²) in [6, 6.07) is -0.395. The first-order valence-electron chi connectivity index (χ1n) is 11.7. The molecule has 0 saturated heterocycles. The third-order valence-corrected chi connectivity index (χ3v) is 7.58. The number of phenols is 1. The van der Waals surface area contributed by atoms with Gasteiger partial charge < -0.3 is 31.1 Å². The lowest BCUT2D eigenvalue weighted by molar-refractivity contribution is -0.148. The molecule has 4 atom stereocenters. The molecule has 0 radical (unpaired) electrons. The number of likely N-dealkylation sites (N-methyl/N-ethyl adjacent to an activating group) is 1. The Morgan fingerprint density at radius 3 is 2.26 bits per heavy atom. The number of primary amides is 1. The van der Waals surface area contributed by atoms with Gasteiger partial charge in [-0.05, 0) is 64.1 Å². The van der Waals surface area contributed by atoms with Crippen LogP contribution in [0.25, 0.3) is 0 Å². The smallest absolute Gasteiger partial charge is 0.417 e. The van der Waals surface area contributed by atoms with Gasteiger partial charge in [-0.1, -0.05) is 0 Å². The summed E-state index contributed by atoms with van der Waals surface area (Å²) in [5.74, 6) is -9.03. The number of hydrogen-bond acceptors (Lipinski definition) is 9. The lowest BCUT2D eigenvalue weighted by atomic mass is 9.58. The maximum atomic E-state index is 14.3. The van der Waals surface area contributed by atoms with E-state index in [9.17, 15) is 48.0 Å². The van der Waals surface area contributed by atoms with Gasteiger partial charge in [0.1, 0.15) is 22.8 Å². The number of Topliss-reactive ketones (excluding diaryl/α,β-unsaturated/α-hetero) is 2. The van der Waals surface area contributed by atoms with Crippen LogP contribution in [0.4, 0.5) is 13.2 Å². The van der Waals surface area contributed by atoms with Gasteiger partial charge in [0.05, 0.1) is 17.2 Å². The number of carbonyl (C=O) groups excluding carboxylic acids is 3. The van der Waals surface area contributed by atoms with Crippen LogP contribution in [0.5, 0.6) is 5.75 Å². The fraction of sp³-hybridized carbons (Fsp3) is 0.480. The number of nitrogens with two attached hydrogens (primary N) is 1. The van der Waals surface area contributed by atoms with Gasteiger partial charge in [0.15, 0.2) is 11.4 Å². The van der Waals surface area contributed by atoms with Crippen LogP contribution in [-0.2, 0) is 28.7 Å². The van der Waals surface area contributed by atoms with E-state index < -0.39 is 98.7 Å². The Hall–Kier alpha value is -3.42. The Labute approximate surface area is 215 Å². The predicted molar refractivity (Wildman–Crippen MR) is 126 cm³/mol. The first-order chi connectivity index (χ1) is 17.4. The van der Waals surface area contributed by atoms with Gasteiger partial charge in [-0.15, -0.1) is 0 Å². The molecule has 0 aromatic heterocycles. The number of carbonyl (C=O) groups is 3. The first-order valence-corrected chi connectivity index (χ1v) is 11.7. The summed E-state index contributed by atoms with van der Waals surface area (Å²) in [5, 5.41) is 44.2. The lowest BCUT2D eigenvalue weighted by Crippen LogP contribution is -2.63. The fourth-order valence-corrected chi connectivity index (χ4v) is 6.21. The number of hydrogen-bond donors (Lipinski definition) is 5. The van der Waals surface area contributed by atoms with E-state index in [1.54, 1.807) is 14.1 Å². The van der Waals surface area contributed by atoms with Gasteiger partial charge in [-0.3, -0.25) is 19.3 Å². The normalized spacial score (nSPS) is 27.6. The molecular formula is C25H28F3N3O7. The zero-order chi connectivity index (χ0) is 28.6. The molecule has 38 heavy (non-hydrogen) atoms. The number of rotatable bonds is 4. The van der Waals surface area contributed by atoms with Crippen molar-refractivity contribution in [2.45, 2.75) is 37.2 Å². The van der Waals surface area contributed by atoms with Crippen molar-refractivity contribution < 1.29 is 48.0 Å². The fourth-order valence-electron chi connectivity index (χ4n) is 6.21. The topological polar surface area (TPSA) is 165 Å². The van der Waals surface area contributed by atoms with Crippen molar-refractivity contribution >= 4 is 17.5 Å². The summed E-state index contributed by atoms with van der Waals surface area (Å²) in [7, 11) is 6.01. The number of aromatic hydroxyl groups is 1. The average molecular weight is 540 g/mol. The number of ketones is 2. The summed E-state index contributed by atoms with van der Waals surface area (Å²) in [5.41, 5.74) is -1.53. The molecule has 4 rings (SSSR count). The number of aliphatic hydroxyl groups is 3. The average Bonchev–Trinajstić information content (AvgIpc) is 2.74. The Morgan fingerprint density at radius 1 is 1.16 bits per heavy atom. The molecule has 206 valence electrons. The summed E-state index contributed by atoms with van der Waals surface area (Å²) in [4.78, 5) is 41.7. The monoisotopic (exact) mass is 539 g/mol. The second kappa shape index (κ2) is 8.82. The molecule has 1 amide bonds. The van der Waals surface area contributed by atoms with E-state index in [-0.39, 0.29) is 18.5 Å². The molecule has 0 aliphatic heterocycles. The van der Waals surface area contributed by atoms with Crippen LogP contribution in [0.1, 0.15) is 33.5 Å². The third-order valence-electron chi connectivity index (χ3n) is 7.58. The van der Waals surface area contributed by atoms with Crippen LogP contribution in [0.15, 0.2) is 28.7 Å². The maximum Gasteiger partial charge on any atom is 0.417 e. The zero-order valence-electron chi connectivity index (χ0n) is 21.0. The number of amides is 1. The quantitative estimate of drug-likeness (QED) is 0.354. The van der Waals surface area contributed by atoms with E-state index >= 15 is 0 Å². The van der Waals surface area contributed by atoms with Crippen molar-refractivity contribution in [3.63, 3.8) is 0 Å². The number of phenolic OH excluding ortho intramolecular Hbond substituents is 1. The molecule has 13 heteroatoms. The van der Waals surface area contributed by atoms with Crippen molar-refractivity contribution in [3.8, 4) is 5.75 Å². The highest BCUT2D eigenvalue weighted by molar-refractivity contribution is 6.24. The number of aliphatic hydroxyl groups excluding tert-OH is 2. The van der Waals surface area contributed by atoms with E-state index in [0.717, 1.165) is 6.07 Å². The molecule has 0 spiro atoms. The predicted octanol–water partition coefficient (Wildman–Crippen LogP) is 1.20. The van der Waals surface area contributed by atoms with Gasteiger partial charge in [-0.2, -0.15) is 13.2 Å². The van der Waals surface area contributed by atoms with Crippen LogP contribution in [-0.4, -0.2) is 87.5 Å². The maximum absolute atomic E-state index is 14.3. The Kier molecular flexibility index (Phi) is 6.41. The van der Waals surface area contributed by atoms with Crippen molar-refractivity contribution in [1.29, 1.82) is 0 Å². The molecule has 1 aromatic carbocycles. The Balaban J connectivity index is 2.00. The number of alkyl halides is 3.